The lowest BCUT2D eigenvalue weighted by Crippen LogP contribution is -2.43. The summed E-state index contributed by atoms with van der Waals surface area (Å²) in [6.45, 7) is 1.90. The van der Waals surface area contributed by atoms with Crippen LogP contribution >= 0.6 is 0 Å². The molecule has 0 aliphatic heterocycles. The van der Waals surface area contributed by atoms with Gasteiger partial charge in [0.05, 0.1) is 12.4 Å². The molecule has 1 rings (SSSR count). The van der Waals surface area contributed by atoms with Gasteiger partial charge in [-0.25, -0.2) is 13.1 Å². The lowest BCUT2D eigenvalue weighted by Gasteiger charge is -2.14. The van der Waals surface area contributed by atoms with Gasteiger partial charge in [-0.1, -0.05) is 30.3 Å². The SMILES string of the molecule is CCOC(=O)CCCS(=O)(=O)N[C@H](Cc1ccccc1)C(=O)O. The third kappa shape index (κ3) is 7.75. The first-order valence-electron chi connectivity index (χ1n) is 7.26. The number of nitrogens with one attached hydrogen (secondary N) is 1. The molecule has 2 N–H and O–H groups in total. The zero-order valence-electron chi connectivity index (χ0n) is 12.9. The van der Waals surface area contributed by atoms with Gasteiger partial charge in [0.1, 0.15) is 6.04 Å². The Kier molecular flexibility index (Phi) is 7.70. The Bertz CT molecular complexity index is 614. The summed E-state index contributed by atoms with van der Waals surface area (Å²) in [4.78, 5) is 22.4. The summed E-state index contributed by atoms with van der Waals surface area (Å²) in [6.07, 6.45) is 0.101. The van der Waals surface area contributed by atoms with Gasteiger partial charge < -0.3 is 9.84 Å². The van der Waals surface area contributed by atoms with Crippen LogP contribution in [0.25, 0.3) is 0 Å². The average Bonchev–Trinajstić information content (AvgIpc) is 2.47. The summed E-state index contributed by atoms with van der Waals surface area (Å²) in [5.74, 6) is -2.05. The fourth-order valence-electron chi connectivity index (χ4n) is 1.94. The smallest absolute Gasteiger partial charge is 0.322 e. The largest absolute Gasteiger partial charge is 0.480 e. The standard InChI is InChI=1S/C15H21NO6S/c1-2-22-14(17)9-6-10-23(20,21)16-13(15(18)19)11-12-7-4-3-5-8-12/h3-5,7-8,13,16H,2,6,9-11H2,1H3,(H,18,19)/t13-/m1/s1. The molecule has 23 heavy (non-hydrogen) atoms. The van der Waals surface area contributed by atoms with Crippen molar-refractivity contribution in [2.45, 2.75) is 32.2 Å². The quantitative estimate of drug-likeness (QED) is 0.612. The maximum absolute atomic E-state index is 11.9. The van der Waals surface area contributed by atoms with E-state index in [2.05, 4.69) is 4.72 Å². The Morgan fingerprint density at radius 3 is 2.48 bits per heavy atom. The number of aliphatic carboxylic acids is 1. The summed E-state index contributed by atoms with van der Waals surface area (Å²) in [5, 5.41) is 9.18. The fourth-order valence-corrected chi connectivity index (χ4v) is 3.20. The van der Waals surface area contributed by atoms with Gasteiger partial charge in [-0.3, -0.25) is 9.59 Å². The molecule has 0 saturated carbocycles. The maximum Gasteiger partial charge on any atom is 0.322 e. The van der Waals surface area contributed by atoms with Crippen molar-refractivity contribution < 1.29 is 27.9 Å². The van der Waals surface area contributed by atoms with Crippen LogP contribution in [-0.4, -0.2) is 43.9 Å². The Morgan fingerprint density at radius 2 is 1.91 bits per heavy atom. The average molecular weight is 343 g/mol. The second-order valence-corrected chi connectivity index (χ2v) is 6.80. The molecular formula is C15H21NO6S. The molecule has 0 spiro atoms. The molecule has 0 aliphatic rings. The summed E-state index contributed by atoms with van der Waals surface area (Å²) >= 11 is 0. The molecule has 8 heteroatoms. The number of carbonyl (C=O) groups is 2. The van der Waals surface area contributed by atoms with Gasteiger partial charge in [0.25, 0.3) is 0 Å². The zero-order chi connectivity index (χ0) is 17.3. The predicted octanol–water partition coefficient (Wildman–Crippen LogP) is 0.945. The van der Waals surface area contributed by atoms with Crippen LogP contribution in [-0.2, 0) is 30.8 Å². The van der Waals surface area contributed by atoms with Crippen molar-refractivity contribution in [3.63, 3.8) is 0 Å². The highest BCUT2D eigenvalue weighted by Crippen LogP contribution is 2.06. The Morgan fingerprint density at radius 1 is 1.26 bits per heavy atom. The van der Waals surface area contributed by atoms with Crippen molar-refractivity contribution >= 4 is 22.0 Å². The normalized spacial score (nSPS) is 12.6. The monoisotopic (exact) mass is 343 g/mol. The van der Waals surface area contributed by atoms with Crippen LogP contribution in [0.15, 0.2) is 30.3 Å². The number of carboxylic acids is 1. The van der Waals surface area contributed by atoms with Gasteiger partial charge in [-0.05, 0) is 25.3 Å². The first-order chi connectivity index (χ1) is 10.8. The van der Waals surface area contributed by atoms with E-state index in [-0.39, 0.29) is 31.6 Å². The van der Waals surface area contributed by atoms with E-state index in [1.54, 1.807) is 37.3 Å². The molecule has 128 valence electrons. The number of benzene rings is 1. The van der Waals surface area contributed by atoms with Crippen LogP contribution in [0.5, 0.6) is 0 Å². The molecule has 0 amide bonds. The van der Waals surface area contributed by atoms with Crippen molar-refractivity contribution in [3.05, 3.63) is 35.9 Å². The second kappa shape index (κ2) is 9.26. The molecule has 1 aromatic rings. The lowest BCUT2D eigenvalue weighted by molar-refractivity contribution is -0.143. The molecule has 0 unspecified atom stereocenters. The number of hydrogen-bond acceptors (Lipinski definition) is 5. The molecule has 0 aromatic heterocycles. The summed E-state index contributed by atoms with van der Waals surface area (Å²) < 4.78 is 30.8. The van der Waals surface area contributed by atoms with E-state index in [1.807, 2.05) is 0 Å². The number of ether oxygens (including phenoxy) is 1. The number of esters is 1. The van der Waals surface area contributed by atoms with E-state index in [0.29, 0.717) is 5.56 Å². The number of hydrogen-bond donors (Lipinski definition) is 2. The van der Waals surface area contributed by atoms with Crippen LogP contribution < -0.4 is 4.72 Å². The number of carboxylic acid groups (broad SMARTS) is 1. The van der Waals surface area contributed by atoms with Crippen molar-refractivity contribution in [1.29, 1.82) is 0 Å². The van der Waals surface area contributed by atoms with Crippen LogP contribution in [0.1, 0.15) is 25.3 Å². The van der Waals surface area contributed by atoms with Gasteiger partial charge in [0, 0.05) is 6.42 Å². The molecule has 0 fully saturated rings. The Balaban J connectivity index is 2.57. The maximum atomic E-state index is 11.9. The molecule has 0 heterocycles. The highest BCUT2D eigenvalue weighted by Gasteiger charge is 2.24. The molecule has 0 radical (unpaired) electrons. The van der Waals surface area contributed by atoms with Gasteiger partial charge in [0.15, 0.2) is 0 Å². The molecule has 0 bridgehead atoms. The van der Waals surface area contributed by atoms with E-state index in [1.165, 1.54) is 0 Å². The summed E-state index contributed by atoms with van der Waals surface area (Å²) in [6, 6.07) is 7.50. The van der Waals surface area contributed by atoms with E-state index in [0.717, 1.165) is 0 Å². The molecule has 1 atom stereocenters. The zero-order valence-corrected chi connectivity index (χ0v) is 13.7. The lowest BCUT2D eigenvalue weighted by atomic mass is 10.1. The van der Waals surface area contributed by atoms with Crippen LogP contribution in [0.4, 0.5) is 0 Å². The first kappa shape index (κ1) is 19.1. The molecule has 7 nitrogen and oxygen atoms in total. The number of carbonyl (C=O) groups excluding carboxylic acids is 1. The minimum absolute atomic E-state index is 0.0226. The highest BCUT2D eigenvalue weighted by atomic mass is 32.2. The number of rotatable bonds is 10. The van der Waals surface area contributed by atoms with E-state index >= 15 is 0 Å². The summed E-state index contributed by atoms with van der Waals surface area (Å²) in [5.41, 5.74) is 0.717. The first-order valence-corrected chi connectivity index (χ1v) is 8.91. The van der Waals surface area contributed by atoms with Gasteiger partial charge in [-0.15, -0.1) is 0 Å². The van der Waals surface area contributed by atoms with E-state index in [9.17, 15) is 23.1 Å². The van der Waals surface area contributed by atoms with Crippen molar-refractivity contribution in [3.8, 4) is 0 Å². The minimum Gasteiger partial charge on any atom is -0.480 e. The predicted molar refractivity (Wildman–Crippen MR) is 84.4 cm³/mol. The van der Waals surface area contributed by atoms with Crippen LogP contribution in [0.3, 0.4) is 0 Å². The Hall–Kier alpha value is -1.93. The third-order valence-electron chi connectivity index (χ3n) is 3.00. The molecule has 1 aromatic carbocycles. The van der Waals surface area contributed by atoms with Crippen LogP contribution in [0, 0.1) is 0 Å². The van der Waals surface area contributed by atoms with E-state index in [4.69, 9.17) is 4.74 Å². The van der Waals surface area contributed by atoms with Gasteiger partial charge in [0.2, 0.25) is 10.0 Å². The topological polar surface area (TPSA) is 110 Å². The van der Waals surface area contributed by atoms with Crippen molar-refractivity contribution in [2.75, 3.05) is 12.4 Å². The van der Waals surface area contributed by atoms with Gasteiger partial charge >= 0.3 is 11.9 Å². The van der Waals surface area contributed by atoms with Crippen molar-refractivity contribution in [2.24, 2.45) is 0 Å². The second-order valence-electron chi connectivity index (χ2n) is 4.93. The Labute approximate surface area is 135 Å². The molecular weight excluding hydrogens is 322 g/mol. The fraction of sp³-hybridized carbons (Fsp3) is 0.467. The summed E-state index contributed by atoms with van der Waals surface area (Å²) in [7, 11) is -3.80. The highest BCUT2D eigenvalue weighted by molar-refractivity contribution is 7.89. The van der Waals surface area contributed by atoms with Crippen LogP contribution in [0.2, 0.25) is 0 Å². The van der Waals surface area contributed by atoms with Gasteiger partial charge in [-0.2, -0.15) is 0 Å². The molecule has 0 saturated heterocycles. The molecule has 0 aliphatic carbocycles. The van der Waals surface area contributed by atoms with E-state index < -0.39 is 28.0 Å². The minimum atomic E-state index is -3.80. The third-order valence-corrected chi connectivity index (χ3v) is 4.47. The van der Waals surface area contributed by atoms with Crippen molar-refractivity contribution in [1.82, 2.24) is 4.72 Å². The number of sulfonamides is 1.